The lowest BCUT2D eigenvalue weighted by atomic mass is 10.1. The van der Waals surface area contributed by atoms with Gasteiger partial charge in [-0.25, -0.2) is 9.67 Å². The number of hydrogen-bond donors (Lipinski definition) is 1. The fourth-order valence-corrected chi connectivity index (χ4v) is 2.81. The van der Waals surface area contributed by atoms with Crippen LogP contribution in [0.25, 0.3) is 16.9 Å². The summed E-state index contributed by atoms with van der Waals surface area (Å²) < 4.78 is 1.84. The predicted molar refractivity (Wildman–Crippen MR) is 83.2 cm³/mol. The van der Waals surface area contributed by atoms with Gasteiger partial charge in [0.05, 0.1) is 6.20 Å². The van der Waals surface area contributed by atoms with Gasteiger partial charge in [0.15, 0.2) is 5.82 Å². The Labute approximate surface area is 123 Å². The maximum Gasteiger partial charge on any atom is 0.153 e. The number of nitrogens with zero attached hydrogens (tertiary/aromatic N) is 3. The van der Waals surface area contributed by atoms with Gasteiger partial charge in [-0.2, -0.15) is 5.10 Å². The Hall–Kier alpha value is -2.62. The summed E-state index contributed by atoms with van der Waals surface area (Å²) in [5.41, 5.74) is 11.3. The molecule has 2 N–H and O–H groups in total. The van der Waals surface area contributed by atoms with E-state index >= 15 is 0 Å². The minimum atomic E-state index is 0.770. The number of nitrogens with two attached hydrogens (primary N) is 1. The number of pyridine rings is 1. The highest BCUT2D eigenvalue weighted by Gasteiger charge is 2.13. The smallest absolute Gasteiger partial charge is 0.153 e. The van der Waals surface area contributed by atoms with E-state index in [0.717, 1.165) is 35.5 Å². The van der Waals surface area contributed by atoms with Crippen LogP contribution in [0.1, 0.15) is 17.7 Å². The monoisotopic (exact) mass is 276 g/mol. The lowest BCUT2D eigenvalue weighted by Crippen LogP contribution is -2.00. The molecule has 2 aromatic heterocycles. The zero-order valence-corrected chi connectivity index (χ0v) is 11.7. The van der Waals surface area contributed by atoms with Crippen molar-refractivity contribution in [2.24, 2.45) is 0 Å². The quantitative estimate of drug-likeness (QED) is 0.732. The van der Waals surface area contributed by atoms with Crippen LogP contribution in [0, 0.1) is 0 Å². The highest BCUT2D eigenvalue weighted by Crippen LogP contribution is 2.23. The minimum absolute atomic E-state index is 0.770. The lowest BCUT2D eigenvalue weighted by Gasteiger charge is -2.03. The van der Waals surface area contributed by atoms with Crippen molar-refractivity contribution in [1.29, 1.82) is 0 Å². The number of benzene rings is 1. The second-order valence-corrected chi connectivity index (χ2v) is 5.42. The maximum absolute atomic E-state index is 5.72. The molecule has 0 bridgehead atoms. The first-order chi connectivity index (χ1) is 10.3. The molecule has 0 spiro atoms. The van der Waals surface area contributed by atoms with E-state index in [1.165, 1.54) is 17.7 Å². The van der Waals surface area contributed by atoms with Gasteiger partial charge in [0, 0.05) is 23.1 Å². The summed E-state index contributed by atoms with van der Waals surface area (Å²) >= 11 is 0. The van der Waals surface area contributed by atoms with Crippen molar-refractivity contribution in [2.75, 3.05) is 5.73 Å². The van der Waals surface area contributed by atoms with Crippen molar-refractivity contribution in [3.05, 3.63) is 60.0 Å². The van der Waals surface area contributed by atoms with E-state index in [1.54, 1.807) is 0 Å². The Bertz CT molecular complexity index is 787. The van der Waals surface area contributed by atoms with Crippen LogP contribution in [-0.4, -0.2) is 14.8 Å². The molecule has 1 aromatic carbocycles. The topological polar surface area (TPSA) is 56.7 Å². The van der Waals surface area contributed by atoms with Gasteiger partial charge in [-0.05, 0) is 48.6 Å². The van der Waals surface area contributed by atoms with E-state index in [0.29, 0.717) is 0 Å². The first-order valence-corrected chi connectivity index (χ1v) is 7.19. The molecule has 0 amide bonds. The van der Waals surface area contributed by atoms with Gasteiger partial charge in [-0.3, -0.25) is 0 Å². The molecule has 4 rings (SSSR count). The number of aryl methyl sites for hydroxylation is 2. The highest BCUT2D eigenvalue weighted by atomic mass is 15.3. The van der Waals surface area contributed by atoms with Gasteiger partial charge < -0.3 is 5.73 Å². The molecule has 0 aliphatic heterocycles. The van der Waals surface area contributed by atoms with E-state index < -0.39 is 0 Å². The van der Waals surface area contributed by atoms with Crippen LogP contribution >= 0.6 is 0 Å². The van der Waals surface area contributed by atoms with E-state index in [9.17, 15) is 0 Å². The van der Waals surface area contributed by atoms with Gasteiger partial charge in [-0.15, -0.1) is 0 Å². The molecular weight excluding hydrogens is 260 g/mol. The van der Waals surface area contributed by atoms with Gasteiger partial charge in [-0.1, -0.05) is 18.2 Å². The molecule has 1 aliphatic carbocycles. The van der Waals surface area contributed by atoms with Gasteiger partial charge in [0.1, 0.15) is 0 Å². The molecular formula is C17H16N4. The number of rotatable bonds is 2. The molecule has 0 saturated carbocycles. The van der Waals surface area contributed by atoms with Gasteiger partial charge in [0.25, 0.3) is 0 Å². The first kappa shape index (κ1) is 12.1. The number of aromatic nitrogens is 3. The third-order valence-electron chi connectivity index (χ3n) is 3.97. The minimum Gasteiger partial charge on any atom is -0.399 e. The summed E-state index contributed by atoms with van der Waals surface area (Å²) in [5, 5.41) is 4.43. The SMILES string of the molecule is Nc1ccc(-c2cnn(-c3ccc4c(n3)CCC4)c2)cc1. The number of nitrogen functional groups attached to an aromatic ring is 1. The standard InChI is InChI=1S/C17H16N4/c18-15-7-4-12(5-8-15)14-10-19-21(11-14)17-9-6-13-2-1-3-16(13)20-17/h4-11H,1-3,18H2. The summed E-state index contributed by atoms with van der Waals surface area (Å²) in [4.78, 5) is 4.73. The van der Waals surface area contributed by atoms with Crippen LogP contribution in [0.2, 0.25) is 0 Å². The Morgan fingerprint density at radius 1 is 0.952 bits per heavy atom. The summed E-state index contributed by atoms with van der Waals surface area (Å²) in [5.74, 6) is 0.886. The molecule has 3 aromatic rings. The largest absolute Gasteiger partial charge is 0.399 e. The Morgan fingerprint density at radius 2 is 1.81 bits per heavy atom. The normalized spacial score (nSPS) is 13.3. The van der Waals surface area contributed by atoms with Crippen molar-refractivity contribution >= 4 is 5.69 Å². The van der Waals surface area contributed by atoms with E-state index in [4.69, 9.17) is 10.7 Å². The van der Waals surface area contributed by atoms with Gasteiger partial charge in [0.2, 0.25) is 0 Å². The average molecular weight is 276 g/mol. The van der Waals surface area contributed by atoms with Crippen LogP contribution in [0.15, 0.2) is 48.8 Å². The summed E-state index contributed by atoms with van der Waals surface area (Å²) in [6, 6.07) is 12.0. The van der Waals surface area contributed by atoms with E-state index in [2.05, 4.69) is 11.2 Å². The average Bonchev–Trinajstić information content (AvgIpc) is 3.16. The maximum atomic E-state index is 5.72. The van der Waals surface area contributed by atoms with Crippen LogP contribution in [0.4, 0.5) is 5.69 Å². The van der Waals surface area contributed by atoms with Crippen LogP contribution < -0.4 is 5.73 Å². The molecule has 4 heteroatoms. The zero-order chi connectivity index (χ0) is 14.2. The molecule has 104 valence electrons. The fraction of sp³-hybridized carbons (Fsp3) is 0.176. The van der Waals surface area contributed by atoms with Crippen LogP contribution in [0.5, 0.6) is 0 Å². The van der Waals surface area contributed by atoms with Crippen molar-refractivity contribution < 1.29 is 0 Å². The Morgan fingerprint density at radius 3 is 2.67 bits per heavy atom. The number of fused-ring (bicyclic) bond motifs is 1. The van der Waals surface area contributed by atoms with Gasteiger partial charge >= 0.3 is 0 Å². The second kappa shape index (κ2) is 4.74. The van der Waals surface area contributed by atoms with Crippen molar-refractivity contribution in [1.82, 2.24) is 14.8 Å². The number of hydrogen-bond acceptors (Lipinski definition) is 3. The zero-order valence-electron chi connectivity index (χ0n) is 11.7. The Balaban J connectivity index is 1.69. The molecule has 0 fully saturated rings. The Kier molecular flexibility index (Phi) is 2.74. The predicted octanol–water partition coefficient (Wildman–Crippen LogP) is 3.01. The van der Waals surface area contributed by atoms with Crippen molar-refractivity contribution in [3.63, 3.8) is 0 Å². The summed E-state index contributed by atoms with van der Waals surface area (Å²) in [7, 11) is 0. The third-order valence-corrected chi connectivity index (χ3v) is 3.97. The highest BCUT2D eigenvalue weighted by molar-refractivity contribution is 5.64. The summed E-state index contributed by atoms with van der Waals surface area (Å²) in [6.45, 7) is 0. The fourth-order valence-electron chi connectivity index (χ4n) is 2.81. The summed E-state index contributed by atoms with van der Waals surface area (Å²) in [6.07, 6.45) is 7.31. The molecule has 2 heterocycles. The molecule has 21 heavy (non-hydrogen) atoms. The molecule has 0 radical (unpaired) electrons. The first-order valence-electron chi connectivity index (χ1n) is 7.19. The lowest BCUT2D eigenvalue weighted by molar-refractivity contribution is 0.831. The molecule has 0 atom stereocenters. The van der Waals surface area contributed by atoms with Crippen LogP contribution in [-0.2, 0) is 12.8 Å². The second-order valence-electron chi connectivity index (χ2n) is 5.42. The van der Waals surface area contributed by atoms with Crippen LogP contribution in [0.3, 0.4) is 0 Å². The van der Waals surface area contributed by atoms with Crippen molar-refractivity contribution in [3.8, 4) is 16.9 Å². The van der Waals surface area contributed by atoms with Crippen molar-refractivity contribution in [2.45, 2.75) is 19.3 Å². The van der Waals surface area contributed by atoms with E-state index in [1.807, 2.05) is 47.4 Å². The molecule has 0 unspecified atom stereocenters. The molecule has 4 nitrogen and oxygen atoms in total. The molecule has 1 aliphatic rings. The van der Waals surface area contributed by atoms with E-state index in [-0.39, 0.29) is 0 Å². The molecule has 0 saturated heterocycles. The third kappa shape index (κ3) is 2.18. The number of anilines is 1.